The highest BCUT2D eigenvalue weighted by molar-refractivity contribution is 5.83. The van der Waals surface area contributed by atoms with Gasteiger partial charge in [0, 0.05) is 32.4 Å². The molecule has 0 bridgehead atoms. The molecule has 0 radical (unpaired) electrons. The van der Waals surface area contributed by atoms with E-state index >= 15 is 0 Å². The molecule has 1 fully saturated rings. The van der Waals surface area contributed by atoms with E-state index in [2.05, 4.69) is 25.8 Å². The van der Waals surface area contributed by atoms with Crippen LogP contribution in [0.1, 0.15) is 30.4 Å². The molecule has 30 heavy (non-hydrogen) atoms. The van der Waals surface area contributed by atoms with Crippen LogP contribution in [0.25, 0.3) is 0 Å². The fourth-order valence-corrected chi connectivity index (χ4v) is 3.28. The van der Waals surface area contributed by atoms with Gasteiger partial charge in [0.25, 0.3) is 0 Å². The third kappa shape index (κ3) is 6.65. The molecule has 1 aromatic heterocycles. The summed E-state index contributed by atoms with van der Waals surface area (Å²) in [5.74, 6) is 1.46. The number of carbonyl (C=O) groups is 2. The number of methoxy groups -OCH3 is 1. The van der Waals surface area contributed by atoms with Crippen molar-refractivity contribution in [3.63, 3.8) is 0 Å². The number of carbonyl (C=O) groups excluding carboxylic acids is 2. The number of nitrogens with one attached hydrogen (secondary N) is 3. The zero-order valence-electron chi connectivity index (χ0n) is 17.3. The summed E-state index contributed by atoms with van der Waals surface area (Å²) in [6.07, 6.45) is 5.41. The average molecular weight is 412 g/mol. The molecule has 0 unspecified atom stereocenters. The van der Waals surface area contributed by atoms with Crippen LogP contribution in [0.4, 0.5) is 10.6 Å². The second-order valence-corrected chi connectivity index (χ2v) is 7.23. The summed E-state index contributed by atoms with van der Waals surface area (Å²) < 4.78 is 5.10. The van der Waals surface area contributed by atoms with Gasteiger partial charge in [-0.25, -0.2) is 9.78 Å². The zero-order valence-corrected chi connectivity index (χ0v) is 17.3. The number of rotatable bonds is 8. The highest BCUT2D eigenvalue weighted by atomic mass is 16.5. The molecule has 1 saturated heterocycles. The van der Waals surface area contributed by atoms with E-state index in [9.17, 15) is 9.59 Å². The van der Waals surface area contributed by atoms with Gasteiger partial charge in [0.1, 0.15) is 11.6 Å². The smallest absolute Gasteiger partial charge is 0.315 e. The van der Waals surface area contributed by atoms with Crippen LogP contribution in [0.2, 0.25) is 0 Å². The Kier molecular flexibility index (Phi) is 7.88. The number of anilines is 1. The molecule has 0 atom stereocenters. The number of benzene rings is 1. The first-order valence-corrected chi connectivity index (χ1v) is 10.3. The molecule has 1 aliphatic rings. The lowest BCUT2D eigenvalue weighted by Gasteiger charge is -2.27. The van der Waals surface area contributed by atoms with Gasteiger partial charge < -0.3 is 25.6 Å². The highest BCUT2D eigenvalue weighted by Crippen LogP contribution is 2.18. The van der Waals surface area contributed by atoms with Crippen LogP contribution in [0.3, 0.4) is 0 Å². The number of urea groups is 1. The van der Waals surface area contributed by atoms with Crippen molar-refractivity contribution in [2.75, 3.05) is 31.6 Å². The molecule has 8 heteroatoms. The predicted octanol–water partition coefficient (Wildman–Crippen LogP) is 2.20. The van der Waals surface area contributed by atoms with Crippen molar-refractivity contribution >= 4 is 17.8 Å². The van der Waals surface area contributed by atoms with E-state index < -0.39 is 0 Å². The predicted molar refractivity (Wildman–Crippen MR) is 115 cm³/mol. The fraction of sp³-hybridized carbons (Fsp3) is 0.409. The molecule has 2 aromatic rings. The van der Waals surface area contributed by atoms with Crippen molar-refractivity contribution < 1.29 is 14.3 Å². The van der Waals surface area contributed by atoms with Gasteiger partial charge >= 0.3 is 6.03 Å². The Morgan fingerprint density at radius 3 is 2.43 bits per heavy atom. The largest absolute Gasteiger partial charge is 0.497 e. The van der Waals surface area contributed by atoms with Crippen LogP contribution < -0.4 is 25.6 Å². The van der Waals surface area contributed by atoms with Crippen molar-refractivity contribution in [1.29, 1.82) is 0 Å². The fourth-order valence-electron chi connectivity index (χ4n) is 3.28. The quantitative estimate of drug-likeness (QED) is 0.619. The Morgan fingerprint density at radius 1 is 0.967 bits per heavy atom. The topological polar surface area (TPSA) is 95.6 Å². The van der Waals surface area contributed by atoms with E-state index in [0.29, 0.717) is 13.1 Å². The van der Waals surface area contributed by atoms with Crippen molar-refractivity contribution in [3.8, 4) is 5.75 Å². The highest BCUT2D eigenvalue weighted by Gasteiger charge is 2.12. The van der Waals surface area contributed by atoms with Gasteiger partial charge in [0.2, 0.25) is 5.91 Å². The molecule has 1 aromatic carbocycles. The molecule has 8 nitrogen and oxygen atoms in total. The van der Waals surface area contributed by atoms with Crippen molar-refractivity contribution in [2.45, 2.75) is 32.4 Å². The van der Waals surface area contributed by atoms with E-state index in [4.69, 9.17) is 4.74 Å². The lowest BCUT2D eigenvalue weighted by molar-refractivity contribution is -0.120. The maximum absolute atomic E-state index is 12.0. The molecule has 2 heterocycles. The lowest BCUT2D eigenvalue weighted by Crippen LogP contribution is -2.41. The molecule has 0 spiro atoms. The van der Waals surface area contributed by atoms with Gasteiger partial charge in [-0.15, -0.1) is 0 Å². The van der Waals surface area contributed by atoms with Gasteiger partial charge in [-0.3, -0.25) is 4.79 Å². The Morgan fingerprint density at radius 2 is 1.70 bits per heavy atom. The minimum Gasteiger partial charge on any atom is -0.497 e. The SMILES string of the molecule is COc1ccc(CNC(=O)CNC(=O)NCc2ccnc(N3CCCCC3)c2)cc1. The minimum atomic E-state index is -0.383. The summed E-state index contributed by atoms with van der Waals surface area (Å²) in [6, 6.07) is 10.9. The minimum absolute atomic E-state index is 0.0860. The first-order chi connectivity index (χ1) is 14.6. The summed E-state index contributed by atoms with van der Waals surface area (Å²) in [4.78, 5) is 30.7. The van der Waals surface area contributed by atoms with Gasteiger partial charge in [0.05, 0.1) is 13.7 Å². The van der Waals surface area contributed by atoms with Crippen LogP contribution in [0, 0.1) is 0 Å². The monoisotopic (exact) mass is 411 g/mol. The van der Waals surface area contributed by atoms with Crippen LogP contribution in [-0.2, 0) is 17.9 Å². The van der Waals surface area contributed by atoms with Crippen LogP contribution >= 0.6 is 0 Å². The maximum atomic E-state index is 12.0. The Balaban J connectivity index is 1.36. The summed E-state index contributed by atoms with van der Waals surface area (Å²) in [5, 5.41) is 8.13. The number of amides is 3. The zero-order chi connectivity index (χ0) is 21.2. The molecular weight excluding hydrogens is 382 g/mol. The Labute approximate surface area is 177 Å². The number of piperidine rings is 1. The van der Waals surface area contributed by atoms with Crippen molar-refractivity contribution in [1.82, 2.24) is 20.9 Å². The molecule has 0 saturated carbocycles. The van der Waals surface area contributed by atoms with Crippen LogP contribution in [0.5, 0.6) is 5.75 Å². The van der Waals surface area contributed by atoms with E-state index in [1.54, 1.807) is 13.3 Å². The maximum Gasteiger partial charge on any atom is 0.315 e. The van der Waals surface area contributed by atoms with Crippen molar-refractivity contribution in [2.24, 2.45) is 0 Å². The third-order valence-corrected chi connectivity index (χ3v) is 5.00. The molecule has 3 N–H and O–H groups in total. The van der Waals surface area contributed by atoms with Gasteiger partial charge in [-0.2, -0.15) is 0 Å². The lowest BCUT2D eigenvalue weighted by atomic mass is 10.1. The Hall–Kier alpha value is -3.29. The van der Waals surface area contributed by atoms with Gasteiger partial charge in [-0.1, -0.05) is 12.1 Å². The normalized spacial score (nSPS) is 13.4. The van der Waals surface area contributed by atoms with Crippen molar-refractivity contribution in [3.05, 3.63) is 53.7 Å². The number of pyridine rings is 1. The van der Waals surface area contributed by atoms with Crippen LogP contribution in [0.15, 0.2) is 42.6 Å². The van der Waals surface area contributed by atoms with Gasteiger partial charge in [0.15, 0.2) is 0 Å². The Bertz CT molecular complexity index is 835. The molecule has 3 amide bonds. The number of hydrogen-bond donors (Lipinski definition) is 3. The summed E-state index contributed by atoms with van der Waals surface area (Å²) in [5.41, 5.74) is 1.93. The second-order valence-electron chi connectivity index (χ2n) is 7.23. The van der Waals surface area contributed by atoms with E-state index in [0.717, 1.165) is 35.8 Å². The number of ether oxygens (including phenoxy) is 1. The van der Waals surface area contributed by atoms with E-state index in [1.807, 2.05) is 36.4 Å². The molecule has 160 valence electrons. The standard InChI is InChI=1S/C22H29N5O3/c1-30-19-7-5-17(6-8-19)14-24-21(28)16-26-22(29)25-15-18-9-10-23-20(13-18)27-11-3-2-4-12-27/h5-10,13H,2-4,11-12,14-16H2,1H3,(H,24,28)(H2,25,26,29). The number of aromatic nitrogens is 1. The first kappa shape index (κ1) is 21.4. The number of hydrogen-bond acceptors (Lipinski definition) is 5. The van der Waals surface area contributed by atoms with Gasteiger partial charge in [-0.05, 0) is 54.7 Å². The van der Waals surface area contributed by atoms with E-state index in [-0.39, 0.29) is 18.5 Å². The summed E-state index contributed by atoms with van der Waals surface area (Å²) in [7, 11) is 1.61. The molecule has 1 aliphatic heterocycles. The molecular formula is C22H29N5O3. The summed E-state index contributed by atoms with van der Waals surface area (Å²) in [6.45, 7) is 2.73. The van der Waals surface area contributed by atoms with E-state index in [1.165, 1.54) is 19.3 Å². The summed E-state index contributed by atoms with van der Waals surface area (Å²) >= 11 is 0. The molecule has 0 aliphatic carbocycles. The molecule has 3 rings (SSSR count). The second kappa shape index (κ2) is 11.0. The first-order valence-electron chi connectivity index (χ1n) is 10.3. The third-order valence-electron chi connectivity index (χ3n) is 5.00. The average Bonchev–Trinajstić information content (AvgIpc) is 2.81. The number of nitrogens with zero attached hydrogens (tertiary/aromatic N) is 2. The van der Waals surface area contributed by atoms with Crippen LogP contribution in [-0.4, -0.2) is 43.7 Å².